The minimum Gasteiger partial charge on any atom is -0.388 e. The summed E-state index contributed by atoms with van der Waals surface area (Å²) in [5, 5.41) is 14.1. The Morgan fingerprint density at radius 3 is 2.68 bits per heavy atom. The molecule has 5 heteroatoms. The Bertz CT molecular complexity index is 420. The van der Waals surface area contributed by atoms with Gasteiger partial charge in [0, 0.05) is 45.8 Å². The number of hydrogen-bond acceptors (Lipinski definition) is 3. The van der Waals surface area contributed by atoms with Crippen molar-refractivity contribution >= 4 is 5.96 Å². The van der Waals surface area contributed by atoms with Crippen LogP contribution in [0.25, 0.3) is 0 Å². The number of guanidine groups is 1. The van der Waals surface area contributed by atoms with Crippen molar-refractivity contribution in [3.05, 3.63) is 12.2 Å². The van der Waals surface area contributed by atoms with E-state index in [0.717, 1.165) is 57.8 Å². The molecule has 0 aromatic carbocycles. The fraction of sp³-hybridized carbons (Fsp3) is 0.824. The van der Waals surface area contributed by atoms with Gasteiger partial charge in [-0.05, 0) is 19.3 Å². The molecule has 3 aliphatic rings. The van der Waals surface area contributed by atoms with Crippen molar-refractivity contribution in [3.8, 4) is 0 Å². The standard InChI is InChI=1S/C17H30N4O/c1-18-16(19-14-17(22)8-3-2-4-9-17)21-12-7-15(13-21)20-10-5-6-11-20/h5-6,15,22H,2-4,7-14H2,1H3,(H,18,19). The van der Waals surface area contributed by atoms with Crippen LogP contribution in [0.4, 0.5) is 0 Å². The Hall–Kier alpha value is -1.07. The van der Waals surface area contributed by atoms with Crippen molar-refractivity contribution in [2.24, 2.45) is 4.99 Å². The van der Waals surface area contributed by atoms with Crippen molar-refractivity contribution in [1.29, 1.82) is 0 Å². The van der Waals surface area contributed by atoms with Gasteiger partial charge in [0.05, 0.1) is 5.60 Å². The van der Waals surface area contributed by atoms with Crippen LogP contribution in [0.2, 0.25) is 0 Å². The van der Waals surface area contributed by atoms with Gasteiger partial charge in [-0.25, -0.2) is 0 Å². The topological polar surface area (TPSA) is 51.1 Å². The SMILES string of the molecule is CN=C(NCC1(O)CCCCC1)N1CCC(N2CC=CC2)C1. The van der Waals surface area contributed by atoms with Gasteiger partial charge >= 0.3 is 0 Å². The maximum Gasteiger partial charge on any atom is 0.193 e. The van der Waals surface area contributed by atoms with E-state index < -0.39 is 5.60 Å². The van der Waals surface area contributed by atoms with Crippen molar-refractivity contribution < 1.29 is 5.11 Å². The first-order chi connectivity index (χ1) is 10.7. The summed E-state index contributed by atoms with van der Waals surface area (Å²) in [5.41, 5.74) is -0.536. The second-order valence-corrected chi connectivity index (χ2v) is 7.00. The lowest BCUT2D eigenvalue weighted by Crippen LogP contribution is -2.49. The molecule has 124 valence electrons. The zero-order chi connectivity index (χ0) is 15.4. The molecule has 1 atom stereocenters. The van der Waals surface area contributed by atoms with Crippen LogP contribution in [0.5, 0.6) is 0 Å². The van der Waals surface area contributed by atoms with Crippen LogP contribution in [0.1, 0.15) is 38.5 Å². The maximum absolute atomic E-state index is 10.6. The second kappa shape index (κ2) is 7.01. The number of aliphatic hydroxyl groups is 1. The summed E-state index contributed by atoms with van der Waals surface area (Å²) in [7, 11) is 1.85. The van der Waals surface area contributed by atoms with Crippen molar-refractivity contribution in [1.82, 2.24) is 15.1 Å². The Labute approximate surface area is 134 Å². The van der Waals surface area contributed by atoms with Gasteiger partial charge in [0.1, 0.15) is 0 Å². The normalized spacial score (nSPS) is 29.3. The van der Waals surface area contributed by atoms with Crippen LogP contribution < -0.4 is 5.32 Å². The van der Waals surface area contributed by atoms with E-state index in [1.807, 2.05) is 7.05 Å². The van der Waals surface area contributed by atoms with Gasteiger partial charge in [0.2, 0.25) is 0 Å². The van der Waals surface area contributed by atoms with Gasteiger partial charge < -0.3 is 15.3 Å². The maximum atomic E-state index is 10.6. The molecule has 1 unspecified atom stereocenters. The van der Waals surface area contributed by atoms with Gasteiger partial charge in [-0.2, -0.15) is 0 Å². The molecule has 3 rings (SSSR count). The molecule has 2 heterocycles. The monoisotopic (exact) mass is 306 g/mol. The molecule has 2 aliphatic heterocycles. The highest BCUT2D eigenvalue weighted by Gasteiger charge is 2.32. The third-order valence-corrected chi connectivity index (χ3v) is 5.40. The minimum atomic E-state index is -0.536. The number of likely N-dealkylation sites (tertiary alicyclic amines) is 1. The largest absolute Gasteiger partial charge is 0.388 e. The Kier molecular flexibility index (Phi) is 5.03. The number of rotatable bonds is 3. The molecule has 1 aliphatic carbocycles. The summed E-state index contributed by atoms with van der Waals surface area (Å²) in [6, 6.07) is 0.631. The van der Waals surface area contributed by atoms with Crippen molar-refractivity contribution in [2.75, 3.05) is 39.8 Å². The molecular weight excluding hydrogens is 276 g/mol. The highest BCUT2D eigenvalue weighted by molar-refractivity contribution is 5.80. The Balaban J connectivity index is 1.49. The predicted molar refractivity (Wildman–Crippen MR) is 90.1 cm³/mol. The molecule has 0 aromatic rings. The van der Waals surface area contributed by atoms with Crippen LogP contribution in [0.3, 0.4) is 0 Å². The summed E-state index contributed by atoms with van der Waals surface area (Å²) in [6.45, 7) is 4.90. The lowest BCUT2D eigenvalue weighted by molar-refractivity contribution is 0.00818. The summed E-state index contributed by atoms with van der Waals surface area (Å²) in [4.78, 5) is 9.30. The zero-order valence-corrected chi connectivity index (χ0v) is 13.8. The van der Waals surface area contributed by atoms with Crippen LogP contribution in [0, 0.1) is 0 Å². The average Bonchev–Trinajstić information content (AvgIpc) is 3.20. The predicted octanol–water partition coefficient (Wildman–Crippen LogP) is 1.20. The van der Waals surface area contributed by atoms with E-state index in [2.05, 4.69) is 32.3 Å². The van der Waals surface area contributed by atoms with Crippen molar-refractivity contribution in [3.63, 3.8) is 0 Å². The van der Waals surface area contributed by atoms with E-state index in [-0.39, 0.29) is 0 Å². The summed E-state index contributed by atoms with van der Waals surface area (Å²) in [6.07, 6.45) is 11.1. The number of nitrogens with zero attached hydrogens (tertiary/aromatic N) is 3. The smallest absolute Gasteiger partial charge is 0.193 e. The first kappa shape index (κ1) is 15.8. The molecule has 0 bridgehead atoms. The van der Waals surface area contributed by atoms with E-state index in [1.165, 1.54) is 12.8 Å². The lowest BCUT2D eigenvalue weighted by atomic mass is 9.85. The first-order valence-corrected chi connectivity index (χ1v) is 8.77. The molecule has 1 saturated carbocycles. The van der Waals surface area contributed by atoms with Crippen LogP contribution in [0.15, 0.2) is 17.1 Å². The van der Waals surface area contributed by atoms with E-state index in [0.29, 0.717) is 12.6 Å². The van der Waals surface area contributed by atoms with Crippen LogP contribution in [-0.2, 0) is 0 Å². The third kappa shape index (κ3) is 3.63. The molecule has 0 spiro atoms. The molecule has 0 radical (unpaired) electrons. The van der Waals surface area contributed by atoms with Gasteiger partial charge in [-0.3, -0.25) is 9.89 Å². The highest BCUT2D eigenvalue weighted by Crippen LogP contribution is 2.27. The zero-order valence-electron chi connectivity index (χ0n) is 13.8. The molecule has 1 saturated heterocycles. The number of aliphatic imine (C=N–C) groups is 1. The van der Waals surface area contributed by atoms with Gasteiger partial charge in [-0.1, -0.05) is 31.4 Å². The fourth-order valence-corrected chi connectivity index (χ4v) is 3.99. The van der Waals surface area contributed by atoms with Gasteiger partial charge in [0.25, 0.3) is 0 Å². The molecular formula is C17H30N4O. The summed E-state index contributed by atoms with van der Waals surface area (Å²) >= 11 is 0. The minimum absolute atomic E-state index is 0.536. The molecule has 0 amide bonds. The molecule has 5 nitrogen and oxygen atoms in total. The summed E-state index contributed by atoms with van der Waals surface area (Å²) in [5.74, 6) is 0.952. The third-order valence-electron chi connectivity index (χ3n) is 5.40. The Morgan fingerprint density at radius 2 is 2.00 bits per heavy atom. The van der Waals surface area contributed by atoms with E-state index in [9.17, 15) is 5.11 Å². The average molecular weight is 306 g/mol. The first-order valence-electron chi connectivity index (χ1n) is 8.77. The van der Waals surface area contributed by atoms with E-state index in [1.54, 1.807) is 0 Å². The van der Waals surface area contributed by atoms with Crippen LogP contribution in [-0.4, -0.2) is 72.3 Å². The van der Waals surface area contributed by atoms with Gasteiger partial charge in [0.15, 0.2) is 5.96 Å². The molecule has 2 N–H and O–H groups in total. The highest BCUT2D eigenvalue weighted by atomic mass is 16.3. The number of nitrogens with one attached hydrogen (secondary N) is 1. The van der Waals surface area contributed by atoms with E-state index >= 15 is 0 Å². The van der Waals surface area contributed by atoms with Crippen LogP contribution >= 0.6 is 0 Å². The molecule has 2 fully saturated rings. The van der Waals surface area contributed by atoms with Gasteiger partial charge in [-0.15, -0.1) is 0 Å². The summed E-state index contributed by atoms with van der Waals surface area (Å²) < 4.78 is 0. The number of hydrogen-bond donors (Lipinski definition) is 2. The molecule has 0 aromatic heterocycles. The second-order valence-electron chi connectivity index (χ2n) is 7.00. The fourth-order valence-electron chi connectivity index (χ4n) is 3.99. The quantitative estimate of drug-likeness (QED) is 0.467. The van der Waals surface area contributed by atoms with Crippen molar-refractivity contribution in [2.45, 2.75) is 50.2 Å². The Morgan fingerprint density at radius 1 is 1.27 bits per heavy atom. The lowest BCUT2D eigenvalue weighted by Gasteiger charge is -2.34. The molecule has 22 heavy (non-hydrogen) atoms. The van der Waals surface area contributed by atoms with E-state index in [4.69, 9.17) is 0 Å².